The predicted molar refractivity (Wildman–Crippen MR) is 114 cm³/mol. The molecule has 0 bridgehead atoms. The Bertz CT molecular complexity index is 918. The van der Waals surface area contributed by atoms with Crippen molar-refractivity contribution < 1.29 is 18.9 Å². The van der Waals surface area contributed by atoms with Crippen molar-refractivity contribution in [2.45, 2.75) is 96.5 Å². The molecule has 5 heteroatoms. The number of ether oxygens (including phenoxy) is 4. The minimum Gasteiger partial charge on any atom is -0.372 e. The fourth-order valence-corrected chi connectivity index (χ4v) is 6.20. The van der Waals surface area contributed by atoms with Crippen LogP contribution in [0.1, 0.15) is 72.6 Å². The standard InChI is InChI=1S/C24H32O4Si/c1-23(2)27-22-20-19-15-26-14-18(19)17(13-25-11-8-12-29(3,4)5)16-9-6-7-10-24(22,28-23)21(16)20/h22H,6-7,9-11,13-15H2,1-5H3/t22-,24+/m0/s1. The highest BCUT2D eigenvalue weighted by Gasteiger charge is 2.65. The zero-order valence-electron chi connectivity index (χ0n) is 18.4. The van der Waals surface area contributed by atoms with E-state index in [1.165, 1.54) is 46.2 Å². The van der Waals surface area contributed by atoms with Crippen LogP contribution in [0.25, 0.3) is 0 Å². The molecule has 0 radical (unpaired) electrons. The summed E-state index contributed by atoms with van der Waals surface area (Å²) in [6, 6.07) is 0. The number of rotatable bonds is 3. The van der Waals surface area contributed by atoms with Gasteiger partial charge in [-0.3, -0.25) is 0 Å². The van der Waals surface area contributed by atoms with Crippen LogP contribution in [0.4, 0.5) is 0 Å². The first kappa shape index (κ1) is 19.8. The molecule has 2 heterocycles. The largest absolute Gasteiger partial charge is 0.372 e. The Morgan fingerprint density at radius 1 is 1.10 bits per heavy atom. The second-order valence-electron chi connectivity index (χ2n) is 10.3. The van der Waals surface area contributed by atoms with Gasteiger partial charge in [0.15, 0.2) is 5.79 Å². The van der Waals surface area contributed by atoms with E-state index in [4.69, 9.17) is 18.9 Å². The number of benzene rings is 1. The van der Waals surface area contributed by atoms with E-state index in [-0.39, 0.29) is 11.7 Å². The van der Waals surface area contributed by atoms with Crippen LogP contribution >= 0.6 is 0 Å². The molecule has 1 aromatic rings. The summed E-state index contributed by atoms with van der Waals surface area (Å²) in [5, 5.41) is 0. The Morgan fingerprint density at radius 3 is 2.69 bits per heavy atom. The maximum atomic E-state index is 6.60. The topological polar surface area (TPSA) is 36.9 Å². The second-order valence-corrected chi connectivity index (χ2v) is 15.1. The fourth-order valence-electron chi connectivity index (χ4n) is 5.60. The Hall–Kier alpha value is -1.16. The van der Waals surface area contributed by atoms with Crippen LogP contribution in [0, 0.1) is 11.5 Å². The van der Waals surface area contributed by atoms with Gasteiger partial charge in [-0.15, -0.1) is 5.54 Å². The van der Waals surface area contributed by atoms with Crippen LogP contribution in [0.3, 0.4) is 0 Å². The normalized spacial score (nSPS) is 28.5. The maximum Gasteiger partial charge on any atom is 0.165 e. The van der Waals surface area contributed by atoms with E-state index in [9.17, 15) is 0 Å². The van der Waals surface area contributed by atoms with Crippen LogP contribution in [0.5, 0.6) is 0 Å². The first-order valence-corrected chi connectivity index (χ1v) is 14.5. The molecule has 2 aliphatic heterocycles. The first-order valence-electron chi connectivity index (χ1n) is 11.0. The molecular weight excluding hydrogens is 380 g/mol. The molecule has 29 heavy (non-hydrogen) atoms. The van der Waals surface area contributed by atoms with Gasteiger partial charge in [-0.2, -0.15) is 0 Å². The summed E-state index contributed by atoms with van der Waals surface area (Å²) in [4.78, 5) is 0. The lowest BCUT2D eigenvalue weighted by atomic mass is 9.64. The Labute approximate surface area is 175 Å². The van der Waals surface area contributed by atoms with Crippen LogP contribution < -0.4 is 0 Å². The quantitative estimate of drug-likeness (QED) is 0.403. The molecule has 4 aliphatic rings. The highest BCUT2D eigenvalue weighted by atomic mass is 28.3. The van der Waals surface area contributed by atoms with Crippen LogP contribution in [0.2, 0.25) is 19.6 Å². The summed E-state index contributed by atoms with van der Waals surface area (Å²) in [5.74, 6) is 2.69. The van der Waals surface area contributed by atoms with Gasteiger partial charge < -0.3 is 18.9 Å². The van der Waals surface area contributed by atoms with Gasteiger partial charge in [-0.1, -0.05) is 25.6 Å². The molecule has 4 nitrogen and oxygen atoms in total. The van der Waals surface area contributed by atoms with E-state index < -0.39 is 13.9 Å². The van der Waals surface area contributed by atoms with Crippen LogP contribution in [-0.2, 0) is 50.8 Å². The lowest BCUT2D eigenvalue weighted by molar-refractivity contribution is -0.164. The summed E-state index contributed by atoms with van der Waals surface area (Å²) in [5.41, 5.74) is 11.3. The molecule has 5 rings (SSSR count). The molecule has 0 amide bonds. The SMILES string of the molecule is CC1(C)O[C@H]2c3c4c(c(COCC#C[Si](C)(C)C)c5c3[C@@]2(CCCC5)O1)COC4. The van der Waals surface area contributed by atoms with E-state index in [2.05, 4.69) is 31.1 Å². The summed E-state index contributed by atoms with van der Waals surface area (Å²) in [6.07, 6.45) is 4.55. The third-order valence-electron chi connectivity index (χ3n) is 6.53. The van der Waals surface area contributed by atoms with Gasteiger partial charge in [0.05, 0.1) is 19.8 Å². The molecule has 1 spiro atoms. The zero-order valence-corrected chi connectivity index (χ0v) is 19.4. The zero-order chi connectivity index (χ0) is 20.4. The van der Waals surface area contributed by atoms with Gasteiger partial charge in [0.2, 0.25) is 0 Å². The van der Waals surface area contributed by atoms with Gasteiger partial charge in [0, 0.05) is 0 Å². The number of hydrogen-bond donors (Lipinski definition) is 0. The van der Waals surface area contributed by atoms with Crippen molar-refractivity contribution in [3.05, 3.63) is 33.4 Å². The Morgan fingerprint density at radius 2 is 1.90 bits per heavy atom. The second kappa shape index (κ2) is 6.67. The van der Waals surface area contributed by atoms with E-state index in [0.717, 1.165) is 12.8 Å². The molecular formula is C24H32O4Si. The molecule has 1 saturated heterocycles. The van der Waals surface area contributed by atoms with Crippen molar-refractivity contribution in [1.82, 2.24) is 0 Å². The molecule has 2 atom stereocenters. The monoisotopic (exact) mass is 412 g/mol. The predicted octanol–water partition coefficient (Wildman–Crippen LogP) is 4.87. The number of hydrogen-bond acceptors (Lipinski definition) is 4. The van der Waals surface area contributed by atoms with E-state index >= 15 is 0 Å². The average molecular weight is 413 g/mol. The van der Waals surface area contributed by atoms with Gasteiger partial charge in [-0.25, -0.2) is 0 Å². The maximum absolute atomic E-state index is 6.60. The van der Waals surface area contributed by atoms with Crippen molar-refractivity contribution in [2.24, 2.45) is 0 Å². The summed E-state index contributed by atoms with van der Waals surface area (Å²) in [6.45, 7) is 13.3. The van der Waals surface area contributed by atoms with Gasteiger partial charge in [0.1, 0.15) is 26.4 Å². The summed E-state index contributed by atoms with van der Waals surface area (Å²) in [7, 11) is -1.36. The molecule has 0 saturated carbocycles. The first-order chi connectivity index (χ1) is 13.7. The fraction of sp³-hybridized carbons (Fsp3) is 0.667. The lowest BCUT2D eigenvalue weighted by Gasteiger charge is -2.46. The highest BCUT2D eigenvalue weighted by molar-refractivity contribution is 6.83. The molecule has 1 aromatic carbocycles. The molecule has 0 unspecified atom stereocenters. The number of fused-ring (bicyclic) bond motifs is 3. The van der Waals surface area contributed by atoms with Crippen molar-refractivity contribution >= 4 is 8.07 Å². The van der Waals surface area contributed by atoms with Crippen molar-refractivity contribution in [2.75, 3.05) is 6.61 Å². The van der Waals surface area contributed by atoms with E-state index in [0.29, 0.717) is 26.4 Å². The Kier molecular flexibility index (Phi) is 4.55. The molecule has 0 aromatic heterocycles. The minimum atomic E-state index is -1.36. The smallest absolute Gasteiger partial charge is 0.165 e. The Balaban J connectivity index is 1.52. The summed E-state index contributed by atoms with van der Waals surface area (Å²) >= 11 is 0. The molecule has 156 valence electrons. The van der Waals surface area contributed by atoms with Crippen molar-refractivity contribution in [1.29, 1.82) is 0 Å². The van der Waals surface area contributed by atoms with Gasteiger partial charge in [0.25, 0.3) is 0 Å². The van der Waals surface area contributed by atoms with Crippen molar-refractivity contribution in [3.8, 4) is 11.5 Å². The molecule has 1 fully saturated rings. The van der Waals surface area contributed by atoms with E-state index in [1.54, 1.807) is 0 Å². The highest BCUT2D eigenvalue weighted by Crippen LogP contribution is 2.67. The third kappa shape index (κ3) is 3.12. The average Bonchev–Trinajstić information content (AvgIpc) is 3.12. The minimum absolute atomic E-state index is 0.0531. The molecule has 0 N–H and O–H groups in total. The van der Waals surface area contributed by atoms with Gasteiger partial charge in [-0.05, 0) is 72.9 Å². The van der Waals surface area contributed by atoms with Crippen LogP contribution in [-0.4, -0.2) is 20.5 Å². The van der Waals surface area contributed by atoms with Crippen molar-refractivity contribution in [3.63, 3.8) is 0 Å². The lowest BCUT2D eigenvalue weighted by Crippen LogP contribution is -2.44. The van der Waals surface area contributed by atoms with Crippen LogP contribution in [0.15, 0.2) is 0 Å². The van der Waals surface area contributed by atoms with Gasteiger partial charge >= 0.3 is 0 Å². The summed E-state index contributed by atoms with van der Waals surface area (Å²) < 4.78 is 25.0. The third-order valence-corrected chi connectivity index (χ3v) is 7.46. The van der Waals surface area contributed by atoms with E-state index in [1.807, 2.05) is 13.8 Å². The molecule has 2 aliphatic carbocycles.